The lowest BCUT2D eigenvalue weighted by Crippen LogP contribution is -1.91. The van der Waals surface area contributed by atoms with E-state index in [9.17, 15) is 0 Å². The smallest absolute Gasteiger partial charge is 0.187 e. The Labute approximate surface area is 62.3 Å². The maximum Gasteiger partial charge on any atom is 0.187 e. The monoisotopic (exact) mass is 152 g/mol. The molecule has 4 nitrogen and oxygen atoms in total. The number of rotatable bonds is 0. The van der Waals surface area contributed by atoms with E-state index in [0.717, 1.165) is 5.52 Å². The zero-order valence-electron chi connectivity index (χ0n) is 4.97. The number of fused-ring (bicyclic) bond motifs is 1. The first-order chi connectivity index (χ1) is 4.88. The SMILES string of the molecule is Sc1nccc2cnnn12. The average Bonchev–Trinajstić information content (AvgIpc) is 2.36. The van der Waals surface area contributed by atoms with E-state index in [0.29, 0.717) is 5.16 Å². The standard InChI is InChI=1S/C5H4N4S/c10-5-6-2-1-4-3-7-8-9(4)5/h1-3H,(H,6,10). The molecule has 0 saturated carbocycles. The molecule has 0 aliphatic heterocycles. The Kier molecular flexibility index (Phi) is 1.10. The van der Waals surface area contributed by atoms with Crippen molar-refractivity contribution >= 4 is 18.1 Å². The normalized spacial score (nSPS) is 10.5. The lowest BCUT2D eigenvalue weighted by atomic mass is 10.5. The van der Waals surface area contributed by atoms with Crippen molar-refractivity contribution in [2.24, 2.45) is 0 Å². The van der Waals surface area contributed by atoms with Crippen LogP contribution < -0.4 is 0 Å². The van der Waals surface area contributed by atoms with E-state index in [2.05, 4.69) is 27.9 Å². The number of thiol groups is 1. The number of hydrogen-bond acceptors (Lipinski definition) is 4. The molecule has 5 heteroatoms. The van der Waals surface area contributed by atoms with E-state index in [1.165, 1.54) is 0 Å². The van der Waals surface area contributed by atoms with E-state index in [-0.39, 0.29) is 0 Å². The second-order valence-electron chi connectivity index (χ2n) is 1.82. The molecule has 2 aromatic heterocycles. The van der Waals surface area contributed by atoms with Crippen LogP contribution in [0.1, 0.15) is 0 Å². The zero-order chi connectivity index (χ0) is 6.97. The molecular weight excluding hydrogens is 148 g/mol. The molecule has 0 radical (unpaired) electrons. The van der Waals surface area contributed by atoms with E-state index in [1.54, 1.807) is 16.9 Å². The summed E-state index contributed by atoms with van der Waals surface area (Å²) in [5.74, 6) is 0. The van der Waals surface area contributed by atoms with Crippen LogP contribution in [0.2, 0.25) is 0 Å². The van der Waals surface area contributed by atoms with Gasteiger partial charge in [0.05, 0.1) is 11.7 Å². The van der Waals surface area contributed by atoms with Crippen molar-refractivity contribution in [2.45, 2.75) is 5.16 Å². The highest BCUT2D eigenvalue weighted by atomic mass is 32.1. The third kappa shape index (κ3) is 0.672. The van der Waals surface area contributed by atoms with Gasteiger partial charge in [0.1, 0.15) is 0 Å². The van der Waals surface area contributed by atoms with Gasteiger partial charge < -0.3 is 0 Å². The Morgan fingerprint density at radius 1 is 1.50 bits per heavy atom. The second kappa shape index (κ2) is 1.95. The van der Waals surface area contributed by atoms with E-state index < -0.39 is 0 Å². The number of hydrogen-bond donors (Lipinski definition) is 1. The van der Waals surface area contributed by atoms with Gasteiger partial charge in [0, 0.05) is 6.20 Å². The Morgan fingerprint density at radius 3 is 3.20 bits per heavy atom. The summed E-state index contributed by atoms with van der Waals surface area (Å²) in [7, 11) is 0. The first-order valence-corrected chi connectivity index (χ1v) is 3.17. The summed E-state index contributed by atoms with van der Waals surface area (Å²) in [4.78, 5) is 3.90. The predicted octanol–water partition coefficient (Wildman–Crippen LogP) is 0.413. The van der Waals surface area contributed by atoms with Gasteiger partial charge in [-0.05, 0) is 6.07 Å². The molecule has 0 amide bonds. The summed E-state index contributed by atoms with van der Waals surface area (Å²) >= 11 is 4.07. The minimum Gasteiger partial charge on any atom is -0.231 e. The molecule has 0 atom stereocenters. The predicted molar refractivity (Wildman–Crippen MR) is 38.0 cm³/mol. The third-order valence-electron chi connectivity index (χ3n) is 1.20. The minimum absolute atomic E-state index is 0.551. The first-order valence-electron chi connectivity index (χ1n) is 2.72. The molecule has 10 heavy (non-hydrogen) atoms. The number of nitrogens with zero attached hydrogens (tertiary/aromatic N) is 4. The van der Waals surface area contributed by atoms with Gasteiger partial charge in [-0.3, -0.25) is 0 Å². The highest BCUT2D eigenvalue weighted by molar-refractivity contribution is 7.80. The average molecular weight is 152 g/mol. The molecule has 0 bridgehead atoms. The molecule has 0 aliphatic rings. The third-order valence-corrected chi connectivity index (χ3v) is 1.51. The molecule has 0 saturated heterocycles. The van der Waals surface area contributed by atoms with Crippen LogP contribution in [0.15, 0.2) is 23.6 Å². The fourth-order valence-electron chi connectivity index (χ4n) is 0.747. The van der Waals surface area contributed by atoms with Gasteiger partial charge in [-0.25, -0.2) is 4.98 Å². The molecule has 2 heterocycles. The van der Waals surface area contributed by atoms with E-state index in [1.807, 2.05) is 6.07 Å². The van der Waals surface area contributed by atoms with Crippen LogP contribution in [0.5, 0.6) is 0 Å². The van der Waals surface area contributed by atoms with Gasteiger partial charge in [0.25, 0.3) is 0 Å². The fourth-order valence-corrected chi connectivity index (χ4v) is 0.969. The Balaban J connectivity index is 2.95. The van der Waals surface area contributed by atoms with Crippen LogP contribution in [-0.2, 0) is 0 Å². The highest BCUT2D eigenvalue weighted by Crippen LogP contribution is 2.03. The summed E-state index contributed by atoms with van der Waals surface area (Å²) < 4.78 is 1.56. The maximum atomic E-state index is 4.07. The molecule has 0 aliphatic carbocycles. The quantitative estimate of drug-likeness (QED) is 0.439. The minimum atomic E-state index is 0.551. The number of aromatic nitrogens is 4. The Morgan fingerprint density at radius 2 is 2.40 bits per heavy atom. The maximum absolute atomic E-state index is 4.07. The van der Waals surface area contributed by atoms with Crippen molar-refractivity contribution in [3.63, 3.8) is 0 Å². The molecule has 0 fully saturated rings. The Bertz CT molecular complexity index is 355. The van der Waals surface area contributed by atoms with Crippen LogP contribution in [-0.4, -0.2) is 19.8 Å². The fraction of sp³-hybridized carbons (Fsp3) is 0. The zero-order valence-corrected chi connectivity index (χ0v) is 5.86. The summed E-state index contributed by atoms with van der Waals surface area (Å²) in [6.07, 6.45) is 3.32. The van der Waals surface area contributed by atoms with Crippen LogP contribution in [0, 0.1) is 0 Å². The molecule has 2 rings (SSSR count). The van der Waals surface area contributed by atoms with Gasteiger partial charge in [-0.2, -0.15) is 4.52 Å². The van der Waals surface area contributed by atoms with Gasteiger partial charge in [-0.15, -0.1) is 17.7 Å². The Hall–Kier alpha value is -1.10. The van der Waals surface area contributed by atoms with E-state index >= 15 is 0 Å². The molecule has 0 spiro atoms. The summed E-state index contributed by atoms with van der Waals surface area (Å²) in [5, 5.41) is 7.98. The highest BCUT2D eigenvalue weighted by Gasteiger charge is 1.95. The first kappa shape index (κ1) is 5.67. The lowest BCUT2D eigenvalue weighted by Gasteiger charge is -1.91. The molecular formula is C5H4N4S. The van der Waals surface area contributed by atoms with Crippen LogP contribution in [0.25, 0.3) is 5.52 Å². The summed E-state index contributed by atoms with van der Waals surface area (Å²) in [6, 6.07) is 1.82. The topological polar surface area (TPSA) is 43.1 Å². The molecule has 50 valence electrons. The second-order valence-corrected chi connectivity index (χ2v) is 2.22. The molecule has 0 N–H and O–H groups in total. The lowest BCUT2D eigenvalue weighted by molar-refractivity contribution is 0.747. The summed E-state index contributed by atoms with van der Waals surface area (Å²) in [6.45, 7) is 0. The largest absolute Gasteiger partial charge is 0.231 e. The van der Waals surface area contributed by atoms with E-state index in [4.69, 9.17) is 0 Å². The van der Waals surface area contributed by atoms with Gasteiger partial charge in [0.2, 0.25) is 0 Å². The van der Waals surface area contributed by atoms with Crippen molar-refractivity contribution < 1.29 is 0 Å². The van der Waals surface area contributed by atoms with Crippen molar-refractivity contribution in [1.29, 1.82) is 0 Å². The summed E-state index contributed by atoms with van der Waals surface area (Å²) in [5.41, 5.74) is 0.903. The van der Waals surface area contributed by atoms with Gasteiger partial charge in [0.15, 0.2) is 5.16 Å². The van der Waals surface area contributed by atoms with Crippen LogP contribution in [0.3, 0.4) is 0 Å². The van der Waals surface area contributed by atoms with Crippen LogP contribution >= 0.6 is 12.6 Å². The van der Waals surface area contributed by atoms with Gasteiger partial charge in [-0.1, -0.05) is 5.21 Å². The van der Waals surface area contributed by atoms with Crippen molar-refractivity contribution in [2.75, 3.05) is 0 Å². The molecule has 0 aromatic carbocycles. The molecule has 0 unspecified atom stereocenters. The molecule has 2 aromatic rings. The van der Waals surface area contributed by atoms with Crippen molar-refractivity contribution in [1.82, 2.24) is 19.8 Å². The van der Waals surface area contributed by atoms with Crippen LogP contribution in [0.4, 0.5) is 0 Å². The van der Waals surface area contributed by atoms with Crippen molar-refractivity contribution in [3.8, 4) is 0 Å². The van der Waals surface area contributed by atoms with Gasteiger partial charge >= 0.3 is 0 Å². The van der Waals surface area contributed by atoms with Crippen molar-refractivity contribution in [3.05, 3.63) is 18.5 Å².